The van der Waals surface area contributed by atoms with Crippen molar-refractivity contribution in [3.05, 3.63) is 63.1 Å². The number of ether oxygens (including phenoxy) is 1. The molecule has 0 unspecified atom stereocenters. The lowest BCUT2D eigenvalue weighted by Crippen LogP contribution is -2.51. The van der Waals surface area contributed by atoms with Crippen LogP contribution in [-0.4, -0.2) is 35.4 Å². The minimum Gasteiger partial charge on any atom is -0.483 e. The maximum Gasteiger partial charge on any atom is 0.261 e. The van der Waals surface area contributed by atoms with Gasteiger partial charge in [-0.2, -0.15) is 0 Å². The van der Waals surface area contributed by atoms with E-state index in [0.717, 1.165) is 42.4 Å². The minimum atomic E-state index is -0.673. The monoisotopic (exact) mass is 490 g/mol. The average molecular weight is 491 g/mol. The van der Waals surface area contributed by atoms with Crippen molar-refractivity contribution < 1.29 is 14.3 Å². The van der Waals surface area contributed by atoms with Crippen molar-refractivity contribution in [2.45, 2.75) is 71.5 Å². The van der Waals surface area contributed by atoms with E-state index in [0.29, 0.717) is 15.8 Å². The molecule has 5 nitrogen and oxygen atoms in total. The second-order valence-corrected chi connectivity index (χ2v) is 9.61. The molecule has 0 radical (unpaired) electrons. The lowest BCUT2D eigenvalue weighted by molar-refractivity contribution is -0.142. The van der Waals surface area contributed by atoms with Gasteiger partial charge in [0.05, 0.1) is 0 Å². The van der Waals surface area contributed by atoms with Crippen molar-refractivity contribution in [1.82, 2.24) is 10.2 Å². The molecule has 2 aromatic carbocycles. The number of carbonyl (C=O) groups is 2. The molecule has 1 aliphatic carbocycles. The second-order valence-electron chi connectivity index (χ2n) is 8.76. The first-order valence-corrected chi connectivity index (χ1v) is 12.2. The topological polar surface area (TPSA) is 58.6 Å². The van der Waals surface area contributed by atoms with E-state index in [-0.39, 0.29) is 31.0 Å². The molecule has 1 saturated carbocycles. The van der Waals surface area contributed by atoms with Crippen LogP contribution in [0.15, 0.2) is 36.4 Å². The summed E-state index contributed by atoms with van der Waals surface area (Å²) >= 11 is 12.4. The van der Waals surface area contributed by atoms with Crippen LogP contribution in [0.2, 0.25) is 10.0 Å². The number of hydrogen-bond acceptors (Lipinski definition) is 3. The van der Waals surface area contributed by atoms with E-state index in [1.807, 2.05) is 32.0 Å². The van der Waals surface area contributed by atoms with E-state index in [2.05, 4.69) is 5.32 Å². The Hall–Kier alpha value is -2.24. The highest BCUT2D eigenvalue weighted by Gasteiger charge is 2.29. The zero-order valence-electron chi connectivity index (χ0n) is 19.5. The first-order chi connectivity index (χ1) is 15.8. The summed E-state index contributed by atoms with van der Waals surface area (Å²) in [4.78, 5) is 27.9. The molecule has 178 valence electrons. The highest BCUT2D eigenvalue weighted by atomic mass is 35.5. The molecule has 0 bridgehead atoms. The smallest absolute Gasteiger partial charge is 0.261 e. The molecule has 1 atom stereocenters. The van der Waals surface area contributed by atoms with Crippen LogP contribution in [-0.2, 0) is 16.1 Å². The van der Waals surface area contributed by atoms with Crippen molar-refractivity contribution in [3.63, 3.8) is 0 Å². The fraction of sp³-hybridized carbons (Fsp3) is 0.462. The summed E-state index contributed by atoms with van der Waals surface area (Å²) in [6.45, 7) is 5.72. The van der Waals surface area contributed by atoms with Gasteiger partial charge >= 0.3 is 0 Å². The van der Waals surface area contributed by atoms with E-state index in [4.69, 9.17) is 27.9 Å². The van der Waals surface area contributed by atoms with Gasteiger partial charge in [0.1, 0.15) is 11.8 Å². The number of hydrogen-bond donors (Lipinski definition) is 1. The Bertz CT molecular complexity index is 989. The lowest BCUT2D eigenvalue weighted by Gasteiger charge is -2.31. The summed E-state index contributed by atoms with van der Waals surface area (Å²) in [6, 6.07) is 10.4. The molecule has 3 rings (SSSR count). The Morgan fingerprint density at radius 3 is 2.55 bits per heavy atom. The lowest BCUT2D eigenvalue weighted by atomic mass is 9.95. The standard InChI is InChI=1S/C26H32Cl2N2O3/c1-17-8-7-11-24(18(17)2)33-16-25(31)30(15-20-12-13-21(27)14-23(20)28)19(3)26(32)29-22-9-5-4-6-10-22/h7-8,11-14,19,22H,4-6,9-10,15-16H2,1-3H3,(H,29,32)/t19-/m1/s1. The zero-order chi connectivity index (χ0) is 24.0. The van der Waals surface area contributed by atoms with Gasteiger partial charge in [-0.25, -0.2) is 0 Å². The number of amides is 2. The summed E-state index contributed by atoms with van der Waals surface area (Å²) in [5, 5.41) is 4.10. The molecule has 1 fully saturated rings. The number of nitrogens with one attached hydrogen (secondary N) is 1. The van der Waals surface area contributed by atoms with Crippen molar-refractivity contribution in [1.29, 1.82) is 0 Å². The van der Waals surface area contributed by atoms with Crippen LogP contribution in [0.1, 0.15) is 55.7 Å². The Balaban J connectivity index is 1.76. The first-order valence-electron chi connectivity index (χ1n) is 11.5. The number of nitrogens with zero attached hydrogens (tertiary/aromatic N) is 1. The Kier molecular flexibility index (Phi) is 9.04. The summed E-state index contributed by atoms with van der Waals surface area (Å²) in [6.07, 6.45) is 5.39. The quantitative estimate of drug-likeness (QED) is 0.504. The summed E-state index contributed by atoms with van der Waals surface area (Å²) < 4.78 is 5.85. The van der Waals surface area contributed by atoms with Gasteiger partial charge in [0, 0.05) is 22.6 Å². The molecular weight excluding hydrogens is 459 g/mol. The molecule has 2 aromatic rings. The van der Waals surface area contributed by atoms with Crippen LogP contribution in [0.25, 0.3) is 0 Å². The third-order valence-corrected chi connectivity index (χ3v) is 6.97. The van der Waals surface area contributed by atoms with Gasteiger partial charge in [-0.15, -0.1) is 0 Å². The van der Waals surface area contributed by atoms with E-state index < -0.39 is 6.04 Å². The zero-order valence-corrected chi connectivity index (χ0v) is 21.0. The maximum absolute atomic E-state index is 13.3. The van der Waals surface area contributed by atoms with Gasteiger partial charge in [0.25, 0.3) is 5.91 Å². The van der Waals surface area contributed by atoms with E-state index in [1.165, 1.54) is 11.3 Å². The van der Waals surface area contributed by atoms with Gasteiger partial charge in [-0.3, -0.25) is 9.59 Å². The maximum atomic E-state index is 13.3. The van der Waals surface area contributed by atoms with Gasteiger partial charge < -0.3 is 15.0 Å². The molecule has 1 N–H and O–H groups in total. The van der Waals surface area contributed by atoms with E-state index in [1.54, 1.807) is 25.1 Å². The molecule has 0 aromatic heterocycles. The summed E-state index contributed by atoms with van der Waals surface area (Å²) in [7, 11) is 0. The van der Waals surface area contributed by atoms with E-state index >= 15 is 0 Å². The average Bonchev–Trinajstić information content (AvgIpc) is 2.79. The SMILES string of the molecule is Cc1cccc(OCC(=O)N(Cc2ccc(Cl)cc2Cl)[C@H](C)C(=O)NC2CCCCC2)c1C. The fourth-order valence-electron chi connectivity index (χ4n) is 4.09. The van der Waals surface area contributed by atoms with Gasteiger partial charge in [-0.1, -0.05) is 60.7 Å². The predicted molar refractivity (Wildman–Crippen MR) is 133 cm³/mol. The molecule has 7 heteroatoms. The number of carbonyl (C=O) groups excluding carboxylic acids is 2. The molecule has 33 heavy (non-hydrogen) atoms. The predicted octanol–water partition coefficient (Wildman–Crippen LogP) is 5.86. The molecule has 0 aliphatic heterocycles. The van der Waals surface area contributed by atoms with E-state index in [9.17, 15) is 9.59 Å². The van der Waals surface area contributed by atoms with Gasteiger partial charge in [0.2, 0.25) is 5.91 Å². The summed E-state index contributed by atoms with van der Waals surface area (Å²) in [5.41, 5.74) is 2.80. The van der Waals surface area contributed by atoms with Crippen molar-refractivity contribution >= 4 is 35.0 Å². The minimum absolute atomic E-state index is 0.160. The normalized spacial score (nSPS) is 15.1. The Labute approximate surface area is 206 Å². The number of aryl methyl sites for hydroxylation is 1. The van der Waals surface area contributed by atoms with Gasteiger partial charge in [0.15, 0.2) is 6.61 Å². The van der Waals surface area contributed by atoms with Crippen LogP contribution < -0.4 is 10.1 Å². The van der Waals surface area contributed by atoms with Crippen LogP contribution >= 0.6 is 23.2 Å². The van der Waals surface area contributed by atoms with Crippen LogP contribution in [0.5, 0.6) is 5.75 Å². The highest BCUT2D eigenvalue weighted by Crippen LogP contribution is 2.25. The second kappa shape index (κ2) is 11.8. The van der Waals surface area contributed by atoms with Gasteiger partial charge in [-0.05, 0) is 68.5 Å². The highest BCUT2D eigenvalue weighted by molar-refractivity contribution is 6.35. The number of halogens is 2. The van der Waals surface area contributed by atoms with Crippen LogP contribution in [0, 0.1) is 13.8 Å². The molecule has 0 saturated heterocycles. The Morgan fingerprint density at radius 2 is 1.85 bits per heavy atom. The van der Waals surface area contributed by atoms with Crippen LogP contribution in [0.3, 0.4) is 0 Å². The first kappa shape index (κ1) is 25.4. The van der Waals surface area contributed by atoms with Crippen LogP contribution in [0.4, 0.5) is 0 Å². The van der Waals surface area contributed by atoms with Crippen molar-refractivity contribution in [3.8, 4) is 5.75 Å². The number of rotatable bonds is 8. The fourth-order valence-corrected chi connectivity index (χ4v) is 4.56. The molecule has 0 heterocycles. The number of benzene rings is 2. The van der Waals surface area contributed by atoms with Crippen molar-refractivity contribution in [2.75, 3.05) is 6.61 Å². The Morgan fingerprint density at radius 1 is 1.12 bits per heavy atom. The third-order valence-electron chi connectivity index (χ3n) is 6.38. The summed E-state index contributed by atoms with van der Waals surface area (Å²) in [5.74, 6) is 0.215. The third kappa shape index (κ3) is 6.87. The molecule has 0 spiro atoms. The van der Waals surface area contributed by atoms with Crippen molar-refractivity contribution in [2.24, 2.45) is 0 Å². The molecular formula is C26H32Cl2N2O3. The molecule has 1 aliphatic rings. The largest absolute Gasteiger partial charge is 0.483 e. The molecule has 2 amide bonds.